The van der Waals surface area contributed by atoms with Crippen LogP contribution >= 0.6 is 23.2 Å². The lowest BCUT2D eigenvalue weighted by Crippen LogP contribution is -2.28. The minimum absolute atomic E-state index is 0.0673. The lowest BCUT2D eigenvalue weighted by molar-refractivity contribution is -0.122. The first kappa shape index (κ1) is 18.7. The maximum absolute atomic E-state index is 12.7. The Hall–Kier alpha value is -2.04. The molecule has 6 heteroatoms. The molecule has 1 fully saturated rings. The van der Waals surface area contributed by atoms with Gasteiger partial charge in [-0.2, -0.15) is 0 Å². The van der Waals surface area contributed by atoms with Crippen molar-refractivity contribution in [2.24, 2.45) is 5.92 Å². The van der Waals surface area contributed by atoms with Crippen molar-refractivity contribution in [2.45, 2.75) is 27.2 Å². The molecule has 1 atom stereocenters. The van der Waals surface area contributed by atoms with E-state index < -0.39 is 5.92 Å². The highest BCUT2D eigenvalue weighted by Gasteiger charge is 2.36. The number of anilines is 2. The average Bonchev–Trinajstić information content (AvgIpc) is 2.92. The Kier molecular flexibility index (Phi) is 5.26. The predicted molar refractivity (Wildman–Crippen MR) is 106 cm³/mol. The third-order valence-corrected chi connectivity index (χ3v) is 5.16. The summed E-state index contributed by atoms with van der Waals surface area (Å²) in [4.78, 5) is 26.8. The van der Waals surface area contributed by atoms with Crippen LogP contribution in [0.1, 0.15) is 23.1 Å². The summed E-state index contributed by atoms with van der Waals surface area (Å²) in [6.07, 6.45) is 0.177. The zero-order chi connectivity index (χ0) is 19.0. The molecular weight excluding hydrogens is 371 g/mol. The third-order valence-electron chi connectivity index (χ3n) is 4.63. The Bertz CT molecular complexity index is 872. The molecule has 2 aromatic carbocycles. The van der Waals surface area contributed by atoms with Gasteiger partial charge in [-0.1, -0.05) is 29.3 Å². The maximum Gasteiger partial charge on any atom is 0.229 e. The van der Waals surface area contributed by atoms with Gasteiger partial charge in [0.1, 0.15) is 0 Å². The zero-order valence-electron chi connectivity index (χ0n) is 14.9. The summed E-state index contributed by atoms with van der Waals surface area (Å²) >= 11 is 12.3. The lowest BCUT2D eigenvalue weighted by Gasteiger charge is -2.19. The zero-order valence-corrected chi connectivity index (χ0v) is 16.4. The fourth-order valence-electron chi connectivity index (χ4n) is 3.34. The maximum atomic E-state index is 12.7. The molecule has 1 aliphatic rings. The number of nitrogens with one attached hydrogen (secondary N) is 1. The molecule has 0 saturated carbocycles. The van der Waals surface area contributed by atoms with Gasteiger partial charge in [0.25, 0.3) is 0 Å². The summed E-state index contributed by atoms with van der Waals surface area (Å²) < 4.78 is 0. The van der Waals surface area contributed by atoms with Gasteiger partial charge in [-0.05, 0) is 61.7 Å². The number of carbonyl (C=O) groups excluding carboxylic acids is 2. The van der Waals surface area contributed by atoms with Crippen LogP contribution in [0.2, 0.25) is 10.0 Å². The molecule has 4 nitrogen and oxygen atoms in total. The SMILES string of the molecule is Cc1cc(C)c(NC(=O)C2CC(=O)N(c3ccc(Cl)cc3C)C2)c(Cl)c1. The molecule has 2 amide bonds. The van der Waals surface area contributed by atoms with Gasteiger partial charge >= 0.3 is 0 Å². The Balaban J connectivity index is 1.77. The Morgan fingerprint density at radius 3 is 2.50 bits per heavy atom. The van der Waals surface area contributed by atoms with Crippen LogP contribution in [0.5, 0.6) is 0 Å². The van der Waals surface area contributed by atoms with Crippen LogP contribution in [-0.4, -0.2) is 18.4 Å². The van der Waals surface area contributed by atoms with Crippen molar-refractivity contribution < 1.29 is 9.59 Å². The van der Waals surface area contributed by atoms with Crippen LogP contribution < -0.4 is 10.2 Å². The summed E-state index contributed by atoms with van der Waals surface area (Å²) in [5.74, 6) is -0.682. The Morgan fingerprint density at radius 1 is 1.12 bits per heavy atom. The highest BCUT2D eigenvalue weighted by atomic mass is 35.5. The highest BCUT2D eigenvalue weighted by molar-refractivity contribution is 6.34. The van der Waals surface area contributed by atoms with Crippen molar-refractivity contribution >= 4 is 46.4 Å². The number of hydrogen-bond donors (Lipinski definition) is 1. The standard InChI is InChI=1S/C20H20Cl2N2O2/c1-11-6-13(3)19(16(22)7-11)23-20(26)14-9-18(25)24(10-14)17-5-4-15(21)8-12(17)2/h4-8,14H,9-10H2,1-3H3,(H,23,26). The summed E-state index contributed by atoms with van der Waals surface area (Å²) in [5, 5.41) is 4.02. The van der Waals surface area contributed by atoms with E-state index in [9.17, 15) is 9.59 Å². The largest absolute Gasteiger partial charge is 0.324 e. The van der Waals surface area contributed by atoms with Crippen molar-refractivity contribution in [3.05, 3.63) is 57.1 Å². The van der Waals surface area contributed by atoms with E-state index in [4.69, 9.17) is 23.2 Å². The van der Waals surface area contributed by atoms with Crippen LogP contribution in [0.25, 0.3) is 0 Å². The van der Waals surface area contributed by atoms with Gasteiger partial charge in [0.2, 0.25) is 11.8 Å². The Labute approximate surface area is 163 Å². The summed E-state index contributed by atoms with van der Waals surface area (Å²) in [5.41, 5.74) is 4.24. The van der Waals surface area contributed by atoms with Crippen molar-refractivity contribution in [2.75, 3.05) is 16.8 Å². The van der Waals surface area contributed by atoms with E-state index in [0.29, 0.717) is 22.3 Å². The molecule has 0 aromatic heterocycles. The fourth-order valence-corrected chi connectivity index (χ4v) is 3.93. The second-order valence-corrected chi connectivity index (χ2v) is 7.61. The number of aryl methyl sites for hydroxylation is 3. The minimum Gasteiger partial charge on any atom is -0.324 e. The molecule has 1 unspecified atom stereocenters. The van der Waals surface area contributed by atoms with Crippen molar-refractivity contribution in [3.63, 3.8) is 0 Å². The fraction of sp³-hybridized carbons (Fsp3) is 0.300. The molecule has 3 rings (SSSR count). The molecule has 1 aliphatic heterocycles. The number of rotatable bonds is 3. The van der Waals surface area contributed by atoms with Gasteiger partial charge in [0.05, 0.1) is 16.6 Å². The topological polar surface area (TPSA) is 49.4 Å². The predicted octanol–water partition coefficient (Wildman–Crippen LogP) is 4.91. The van der Waals surface area contributed by atoms with E-state index >= 15 is 0 Å². The number of nitrogens with zero attached hydrogens (tertiary/aromatic N) is 1. The van der Waals surface area contributed by atoms with Crippen molar-refractivity contribution in [1.29, 1.82) is 0 Å². The van der Waals surface area contributed by atoms with Gasteiger partial charge in [0, 0.05) is 23.7 Å². The third kappa shape index (κ3) is 3.71. The van der Waals surface area contributed by atoms with Gasteiger partial charge in [-0.25, -0.2) is 0 Å². The Morgan fingerprint density at radius 2 is 1.85 bits per heavy atom. The van der Waals surface area contributed by atoms with Gasteiger partial charge in [-0.15, -0.1) is 0 Å². The van der Waals surface area contributed by atoms with E-state index in [1.54, 1.807) is 11.0 Å². The van der Waals surface area contributed by atoms with Crippen LogP contribution in [-0.2, 0) is 9.59 Å². The number of benzene rings is 2. The van der Waals surface area contributed by atoms with Gasteiger partial charge in [-0.3, -0.25) is 9.59 Å². The van der Waals surface area contributed by atoms with Crippen LogP contribution in [0.4, 0.5) is 11.4 Å². The quantitative estimate of drug-likeness (QED) is 0.808. The molecule has 0 spiro atoms. The van der Waals surface area contributed by atoms with E-state index in [2.05, 4.69) is 5.32 Å². The molecule has 0 aliphatic carbocycles. The summed E-state index contributed by atoms with van der Waals surface area (Å²) in [7, 11) is 0. The molecule has 1 saturated heterocycles. The van der Waals surface area contributed by atoms with E-state index in [1.165, 1.54) is 0 Å². The van der Waals surface area contributed by atoms with Gasteiger partial charge < -0.3 is 10.2 Å². The number of hydrogen-bond acceptors (Lipinski definition) is 2. The number of amides is 2. The highest BCUT2D eigenvalue weighted by Crippen LogP contribution is 2.32. The second kappa shape index (κ2) is 7.29. The first-order valence-corrected chi connectivity index (χ1v) is 9.16. The first-order chi connectivity index (χ1) is 12.3. The molecule has 1 N–H and O–H groups in total. The van der Waals surface area contributed by atoms with Crippen LogP contribution in [0.3, 0.4) is 0 Å². The summed E-state index contributed by atoms with van der Waals surface area (Å²) in [6, 6.07) is 9.15. The van der Waals surface area contributed by atoms with Crippen molar-refractivity contribution in [3.8, 4) is 0 Å². The molecule has 136 valence electrons. The number of carbonyl (C=O) groups is 2. The molecule has 26 heavy (non-hydrogen) atoms. The smallest absolute Gasteiger partial charge is 0.229 e. The van der Waals surface area contributed by atoms with Crippen LogP contribution in [0.15, 0.2) is 30.3 Å². The molecular formula is C20H20Cl2N2O2. The van der Waals surface area contributed by atoms with E-state index in [0.717, 1.165) is 22.4 Å². The molecule has 1 heterocycles. The summed E-state index contributed by atoms with van der Waals surface area (Å²) in [6.45, 7) is 6.09. The first-order valence-electron chi connectivity index (χ1n) is 8.40. The molecule has 0 radical (unpaired) electrons. The van der Waals surface area contributed by atoms with Crippen molar-refractivity contribution in [1.82, 2.24) is 0 Å². The van der Waals surface area contributed by atoms with E-state index in [-0.39, 0.29) is 18.2 Å². The van der Waals surface area contributed by atoms with Gasteiger partial charge in [0.15, 0.2) is 0 Å². The molecule has 0 bridgehead atoms. The monoisotopic (exact) mass is 390 g/mol. The lowest BCUT2D eigenvalue weighted by atomic mass is 10.1. The second-order valence-electron chi connectivity index (χ2n) is 6.76. The van der Waals surface area contributed by atoms with Crippen LogP contribution in [0, 0.1) is 26.7 Å². The normalized spacial score (nSPS) is 16.9. The average molecular weight is 391 g/mol. The minimum atomic E-state index is -0.422. The number of halogens is 2. The van der Waals surface area contributed by atoms with E-state index in [1.807, 2.05) is 45.0 Å². The molecule has 2 aromatic rings.